The quantitative estimate of drug-likeness (QED) is 0.520. The van der Waals surface area contributed by atoms with Crippen LogP contribution in [0.1, 0.15) is 79.1 Å². The average Bonchev–Trinajstić information content (AvgIpc) is 2.86. The highest BCUT2D eigenvalue weighted by molar-refractivity contribution is 5.66. The fraction of sp³-hybridized carbons (Fsp3) is 0.957. The Kier molecular flexibility index (Phi) is 4.94. The number of carbonyl (C=O) groups excluding carboxylic acids is 1. The molecule has 6 nitrogen and oxygen atoms in total. The number of hydrogen-bond acceptors (Lipinski definition) is 6. The molecular formula is C23H38O6. The molecular weight excluding hydrogens is 372 g/mol. The van der Waals surface area contributed by atoms with Crippen LogP contribution in [0.15, 0.2) is 0 Å². The molecule has 0 aliphatic heterocycles. The van der Waals surface area contributed by atoms with E-state index in [-0.39, 0.29) is 29.8 Å². The van der Waals surface area contributed by atoms with Crippen molar-refractivity contribution in [2.24, 2.45) is 28.6 Å². The van der Waals surface area contributed by atoms with E-state index < -0.39 is 34.8 Å². The Hall–Kier alpha value is -0.690. The molecule has 4 aliphatic rings. The van der Waals surface area contributed by atoms with Gasteiger partial charge in [0.1, 0.15) is 11.7 Å². The van der Waals surface area contributed by atoms with Gasteiger partial charge < -0.3 is 25.2 Å². The van der Waals surface area contributed by atoms with Crippen LogP contribution in [0.25, 0.3) is 0 Å². The lowest BCUT2D eigenvalue weighted by molar-refractivity contribution is -0.289. The molecule has 0 aromatic heterocycles. The molecule has 4 saturated carbocycles. The topological polar surface area (TPSA) is 107 Å². The third kappa shape index (κ3) is 2.65. The van der Waals surface area contributed by atoms with Crippen molar-refractivity contribution in [2.75, 3.05) is 0 Å². The number of carbonyl (C=O) groups is 1. The molecule has 4 fully saturated rings. The van der Waals surface area contributed by atoms with Crippen LogP contribution in [0.3, 0.4) is 0 Å². The average molecular weight is 411 g/mol. The zero-order valence-electron chi connectivity index (χ0n) is 18.2. The molecule has 4 N–H and O–H groups in total. The molecule has 0 amide bonds. The first-order valence-corrected chi connectivity index (χ1v) is 11.4. The second-order valence-corrected chi connectivity index (χ2v) is 11.0. The third-order valence-electron chi connectivity index (χ3n) is 10.1. The van der Waals surface area contributed by atoms with E-state index in [2.05, 4.69) is 6.92 Å². The smallest absolute Gasteiger partial charge is 0.302 e. The fourth-order valence-corrected chi connectivity index (χ4v) is 8.26. The summed E-state index contributed by atoms with van der Waals surface area (Å²) in [6.07, 6.45) is 3.59. The number of esters is 1. The van der Waals surface area contributed by atoms with E-state index in [9.17, 15) is 25.2 Å². The largest absolute Gasteiger partial charge is 0.462 e. The zero-order valence-corrected chi connectivity index (χ0v) is 18.2. The van der Waals surface area contributed by atoms with Gasteiger partial charge in [-0.15, -0.1) is 0 Å². The Morgan fingerprint density at radius 3 is 2.34 bits per heavy atom. The molecule has 0 spiro atoms. The van der Waals surface area contributed by atoms with Crippen molar-refractivity contribution in [1.29, 1.82) is 0 Å². The minimum Gasteiger partial charge on any atom is -0.462 e. The van der Waals surface area contributed by atoms with Gasteiger partial charge in [0, 0.05) is 6.92 Å². The first-order chi connectivity index (χ1) is 13.4. The molecule has 4 aliphatic carbocycles. The first-order valence-electron chi connectivity index (χ1n) is 11.4. The van der Waals surface area contributed by atoms with Crippen molar-refractivity contribution in [1.82, 2.24) is 0 Å². The number of rotatable bonds is 2. The molecule has 0 bridgehead atoms. The number of aliphatic hydroxyl groups is 4. The second kappa shape index (κ2) is 6.65. The predicted molar refractivity (Wildman–Crippen MR) is 107 cm³/mol. The van der Waals surface area contributed by atoms with Gasteiger partial charge in [-0.2, -0.15) is 0 Å². The molecule has 0 aromatic rings. The van der Waals surface area contributed by atoms with Crippen LogP contribution in [-0.2, 0) is 9.53 Å². The summed E-state index contributed by atoms with van der Waals surface area (Å²) in [5.74, 6) is 0.125. The van der Waals surface area contributed by atoms with Gasteiger partial charge in [0.15, 0.2) is 0 Å². The minimum atomic E-state index is -1.51. The maximum atomic E-state index is 12.2. The number of ether oxygens (including phenoxy) is 1. The summed E-state index contributed by atoms with van der Waals surface area (Å²) in [4.78, 5) is 12.0. The van der Waals surface area contributed by atoms with Crippen LogP contribution in [0.5, 0.6) is 0 Å². The Morgan fingerprint density at radius 2 is 1.72 bits per heavy atom. The van der Waals surface area contributed by atoms with Crippen molar-refractivity contribution in [3.63, 3.8) is 0 Å². The maximum absolute atomic E-state index is 12.2. The number of aliphatic hydroxyl groups excluding tert-OH is 2. The maximum Gasteiger partial charge on any atom is 0.302 e. The van der Waals surface area contributed by atoms with Crippen LogP contribution in [0.4, 0.5) is 0 Å². The molecule has 0 saturated heterocycles. The molecule has 0 heterocycles. The van der Waals surface area contributed by atoms with E-state index in [1.807, 2.05) is 6.92 Å². The summed E-state index contributed by atoms with van der Waals surface area (Å²) in [7, 11) is 0. The summed E-state index contributed by atoms with van der Waals surface area (Å²) >= 11 is 0. The second-order valence-electron chi connectivity index (χ2n) is 11.0. The van der Waals surface area contributed by atoms with Gasteiger partial charge in [-0.1, -0.05) is 13.8 Å². The summed E-state index contributed by atoms with van der Waals surface area (Å²) in [6, 6.07) is 0. The standard InChI is InChI=1S/C23H38O6/c1-13(24)22(27)9-10-23(28)17-6-5-15-11-16(26)7-8-20(15,3)18(17)12-19(21(22,23)4)29-14(2)25/h13,15-19,24,26-28H,5-12H2,1-4H3. The van der Waals surface area contributed by atoms with Gasteiger partial charge in [0.25, 0.3) is 0 Å². The highest BCUT2D eigenvalue weighted by Crippen LogP contribution is 2.70. The Labute approximate surface area is 173 Å². The lowest BCUT2D eigenvalue weighted by Crippen LogP contribution is -2.72. The Bertz CT molecular complexity index is 680. The van der Waals surface area contributed by atoms with Crippen LogP contribution in [0.2, 0.25) is 0 Å². The zero-order chi connectivity index (χ0) is 21.4. The van der Waals surface area contributed by atoms with Crippen molar-refractivity contribution in [2.45, 2.75) is 109 Å². The van der Waals surface area contributed by atoms with Gasteiger partial charge in [-0.25, -0.2) is 0 Å². The Morgan fingerprint density at radius 1 is 1.03 bits per heavy atom. The molecule has 0 aromatic carbocycles. The molecule has 0 radical (unpaired) electrons. The number of fused-ring (bicyclic) bond motifs is 5. The summed E-state index contributed by atoms with van der Waals surface area (Å²) in [6.45, 7) is 7.03. The fourth-order valence-electron chi connectivity index (χ4n) is 8.26. The minimum absolute atomic E-state index is 0.0106. The van der Waals surface area contributed by atoms with Crippen LogP contribution in [-0.4, -0.2) is 55.9 Å². The van der Waals surface area contributed by atoms with E-state index in [0.29, 0.717) is 18.8 Å². The summed E-state index contributed by atoms with van der Waals surface area (Å²) in [5.41, 5.74) is -3.86. The van der Waals surface area contributed by atoms with Gasteiger partial charge in [0.05, 0.1) is 23.2 Å². The number of hydrogen-bond donors (Lipinski definition) is 4. The van der Waals surface area contributed by atoms with Crippen LogP contribution < -0.4 is 0 Å². The SMILES string of the molecule is CC(=O)OC1CC2C(CCC3CC(O)CCC32C)C2(O)CCC(O)(C(C)O)C12C. The van der Waals surface area contributed by atoms with Crippen LogP contribution in [0, 0.1) is 28.6 Å². The predicted octanol–water partition coefficient (Wildman–Crippen LogP) is 2.16. The van der Waals surface area contributed by atoms with E-state index in [4.69, 9.17) is 4.74 Å². The molecule has 166 valence electrons. The molecule has 10 unspecified atom stereocenters. The van der Waals surface area contributed by atoms with Gasteiger partial charge in [-0.3, -0.25) is 4.79 Å². The van der Waals surface area contributed by atoms with E-state index in [1.165, 1.54) is 6.92 Å². The highest BCUT2D eigenvalue weighted by atomic mass is 16.5. The van der Waals surface area contributed by atoms with Gasteiger partial charge >= 0.3 is 5.97 Å². The first kappa shape index (κ1) is 21.5. The molecule has 6 heteroatoms. The van der Waals surface area contributed by atoms with Crippen LogP contribution >= 0.6 is 0 Å². The van der Waals surface area contributed by atoms with Gasteiger partial charge in [0.2, 0.25) is 0 Å². The molecule has 4 rings (SSSR count). The van der Waals surface area contributed by atoms with Gasteiger partial charge in [-0.05, 0) is 81.5 Å². The summed E-state index contributed by atoms with van der Waals surface area (Å²) < 4.78 is 5.79. The van der Waals surface area contributed by atoms with E-state index in [1.54, 1.807) is 6.92 Å². The van der Waals surface area contributed by atoms with Crippen molar-refractivity contribution < 1.29 is 30.0 Å². The van der Waals surface area contributed by atoms with Crippen molar-refractivity contribution in [3.8, 4) is 0 Å². The normalized spacial score (nSPS) is 55.4. The Balaban J connectivity index is 1.80. The summed E-state index contributed by atoms with van der Waals surface area (Å²) in [5, 5.41) is 44.5. The van der Waals surface area contributed by atoms with Crippen molar-refractivity contribution >= 4 is 5.97 Å². The monoisotopic (exact) mass is 410 g/mol. The van der Waals surface area contributed by atoms with E-state index >= 15 is 0 Å². The molecule has 29 heavy (non-hydrogen) atoms. The lowest BCUT2D eigenvalue weighted by atomic mass is 9.42. The lowest BCUT2D eigenvalue weighted by Gasteiger charge is -2.66. The highest BCUT2D eigenvalue weighted by Gasteiger charge is 2.76. The third-order valence-corrected chi connectivity index (χ3v) is 10.1. The van der Waals surface area contributed by atoms with E-state index in [0.717, 1.165) is 32.1 Å². The molecule has 10 atom stereocenters. The van der Waals surface area contributed by atoms with Crippen molar-refractivity contribution in [3.05, 3.63) is 0 Å².